The number of benzene rings is 1. The van der Waals surface area contributed by atoms with Crippen LogP contribution in [0, 0.1) is 0 Å². The van der Waals surface area contributed by atoms with Gasteiger partial charge in [-0.3, -0.25) is 14.3 Å². The largest absolute Gasteiger partial charge is 0.451 e. The maximum absolute atomic E-state index is 12.9. The van der Waals surface area contributed by atoms with Gasteiger partial charge in [-0.05, 0) is 12.1 Å². The SMILES string of the molecule is CNC(=O)Cn1cc(NC(=O)c2oc3ccccc3c2CSc2ncccn2)cn1. The van der Waals surface area contributed by atoms with Crippen LogP contribution in [0.5, 0.6) is 0 Å². The van der Waals surface area contributed by atoms with Crippen LogP contribution in [0.4, 0.5) is 5.69 Å². The smallest absolute Gasteiger partial charge is 0.291 e. The molecule has 0 spiro atoms. The van der Waals surface area contributed by atoms with Gasteiger partial charge in [0.1, 0.15) is 12.1 Å². The van der Waals surface area contributed by atoms with Crippen LogP contribution in [-0.2, 0) is 17.1 Å². The highest BCUT2D eigenvalue weighted by Crippen LogP contribution is 2.31. The first kappa shape index (κ1) is 19.6. The van der Waals surface area contributed by atoms with E-state index in [0.29, 0.717) is 22.2 Å². The van der Waals surface area contributed by atoms with E-state index in [-0.39, 0.29) is 18.2 Å². The maximum atomic E-state index is 12.9. The molecule has 4 aromatic rings. The molecular formula is C20H18N6O3S. The van der Waals surface area contributed by atoms with Crippen LogP contribution in [0.2, 0.25) is 0 Å². The molecule has 2 N–H and O–H groups in total. The van der Waals surface area contributed by atoms with E-state index in [4.69, 9.17) is 4.42 Å². The topological polar surface area (TPSA) is 115 Å². The van der Waals surface area contributed by atoms with Crippen LogP contribution >= 0.6 is 11.8 Å². The minimum Gasteiger partial charge on any atom is -0.451 e. The standard InChI is InChI=1S/C20H18N6O3S/c1-21-17(27)11-26-10-13(9-24-26)25-19(28)18-15(12-30-20-22-7-4-8-23-20)14-5-2-3-6-16(14)29-18/h2-10H,11-12H2,1H3,(H,21,27)(H,25,28). The fourth-order valence-electron chi connectivity index (χ4n) is 2.85. The van der Waals surface area contributed by atoms with Crippen LogP contribution < -0.4 is 10.6 Å². The summed E-state index contributed by atoms with van der Waals surface area (Å²) >= 11 is 1.42. The van der Waals surface area contributed by atoms with Gasteiger partial charge in [-0.1, -0.05) is 30.0 Å². The number of fused-ring (bicyclic) bond motifs is 1. The molecule has 0 saturated carbocycles. The number of nitrogens with one attached hydrogen (secondary N) is 2. The van der Waals surface area contributed by atoms with Gasteiger partial charge in [-0.15, -0.1) is 0 Å². The molecule has 0 aliphatic rings. The highest BCUT2D eigenvalue weighted by molar-refractivity contribution is 7.98. The number of rotatable bonds is 7. The van der Waals surface area contributed by atoms with Crippen molar-refractivity contribution in [3.8, 4) is 0 Å². The Morgan fingerprint density at radius 2 is 1.97 bits per heavy atom. The van der Waals surface area contributed by atoms with Crippen LogP contribution in [0.15, 0.2) is 64.7 Å². The lowest BCUT2D eigenvalue weighted by atomic mass is 10.1. The van der Waals surface area contributed by atoms with Crippen molar-refractivity contribution in [2.75, 3.05) is 12.4 Å². The van der Waals surface area contributed by atoms with Crippen molar-refractivity contribution in [1.82, 2.24) is 25.1 Å². The van der Waals surface area contributed by atoms with E-state index in [1.54, 1.807) is 31.7 Å². The summed E-state index contributed by atoms with van der Waals surface area (Å²) in [6.07, 6.45) is 6.41. The first-order chi connectivity index (χ1) is 14.6. The van der Waals surface area contributed by atoms with E-state index < -0.39 is 5.91 Å². The Bertz CT molecular complexity index is 1190. The number of hydrogen-bond donors (Lipinski definition) is 2. The Morgan fingerprint density at radius 3 is 2.77 bits per heavy atom. The van der Waals surface area contributed by atoms with Crippen molar-refractivity contribution in [3.63, 3.8) is 0 Å². The predicted molar refractivity (Wildman–Crippen MR) is 112 cm³/mol. The van der Waals surface area contributed by atoms with Gasteiger partial charge in [0.25, 0.3) is 5.91 Å². The second-order valence-electron chi connectivity index (χ2n) is 6.28. The van der Waals surface area contributed by atoms with Gasteiger partial charge in [0.2, 0.25) is 5.91 Å². The zero-order valence-corrected chi connectivity index (χ0v) is 16.8. The first-order valence-corrected chi connectivity index (χ1v) is 10.1. The molecule has 0 fully saturated rings. The lowest BCUT2D eigenvalue weighted by Crippen LogP contribution is -2.23. The molecular weight excluding hydrogens is 404 g/mol. The minimum absolute atomic E-state index is 0.0655. The molecule has 0 aliphatic heterocycles. The lowest BCUT2D eigenvalue weighted by Gasteiger charge is -2.04. The van der Waals surface area contributed by atoms with Gasteiger partial charge in [0.05, 0.1) is 11.9 Å². The van der Waals surface area contributed by atoms with Gasteiger partial charge in [0, 0.05) is 42.3 Å². The quantitative estimate of drug-likeness (QED) is 0.348. The summed E-state index contributed by atoms with van der Waals surface area (Å²) in [5.74, 6) is 0.115. The van der Waals surface area contributed by atoms with E-state index in [0.717, 1.165) is 10.9 Å². The first-order valence-electron chi connectivity index (χ1n) is 9.08. The maximum Gasteiger partial charge on any atom is 0.291 e. The zero-order chi connectivity index (χ0) is 20.9. The summed E-state index contributed by atoms with van der Waals surface area (Å²) in [6, 6.07) is 9.24. The van der Waals surface area contributed by atoms with Crippen molar-refractivity contribution >= 4 is 40.2 Å². The van der Waals surface area contributed by atoms with Gasteiger partial charge < -0.3 is 15.1 Å². The average molecular weight is 422 g/mol. The molecule has 10 heteroatoms. The number of carbonyl (C=O) groups excluding carboxylic acids is 2. The number of nitrogens with zero attached hydrogens (tertiary/aromatic N) is 4. The Labute approximate surface area is 175 Å². The molecule has 9 nitrogen and oxygen atoms in total. The van der Waals surface area contributed by atoms with Crippen LogP contribution in [-0.4, -0.2) is 38.6 Å². The summed E-state index contributed by atoms with van der Waals surface area (Å²) in [4.78, 5) is 32.8. The average Bonchev–Trinajstić information content (AvgIpc) is 3.37. The number of thioether (sulfide) groups is 1. The predicted octanol–water partition coefficient (Wildman–Crippen LogP) is 2.71. The molecule has 152 valence electrons. The van der Waals surface area contributed by atoms with Crippen LogP contribution in [0.25, 0.3) is 11.0 Å². The van der Waals surface area contributed by atoms with Crippen molar-refractivity contribution in [1.29, 1.82) is 0 Å². The molecule has 0 radical (unpaired) electrons. The fraction of sp³-hybridized carbons (Fsp3) is 0.150. The number of hydrogen-bond acceptors (Lipinski definition) is 7. The molecule has 30 heavy (non-hydrogen) atoms. The number of carbonyl (C=O) groups is 2. The van der Waals surface area contributed by atoms with Gasteiger partial charge in [-0.2, -0.15) is 5.10 Å². The Morgan fingerprint density at radius 1 is 1.17 bits per heavy atom. The third-order valence-corrected chi connectivity index (χ3v) is 5.17. The highest BCUT2D eigenvalue weighted by Gasteiger charge is 2.21. The van der Waals surface area contributed by atoms with E-state index in [9.17, 15) is 9.59 Å². The Hall–Kier alpha value is -3.66. The second kappa shape index (κ2) is 8.78. The summed E-state index contributed by atoms with van der Waals surface area (Å²) in [5.41, 5.74) is 1.86. The monoisotopic (exact) mass is 422 g/mol. The molecule has 0 aliphatic carbocycles. The molecule has 0 unspecified atom stereocenters. The van der Waals surface area contributed by atoms with Crippen molar-refractivity contribution in [2.45, 2.75) is 17.5 Å². The molecule has 0 saturated heterocycles. The zero-order valence-electron chi connectivity index (χ0n) is 16.0. The van der Waals surface area contributed by atoms with Gasteiger partial charge in [-0.25, -0.2) is 9.97 Å². The molecule has 4 rings (SSSR count). The minimum atomic E-state index is -0.393. The van der Waals surface area contributed by atoms with Gasteiger partial charge >= 0.3 is 0 Å². The summed E-state index contributed by atoms with van der Waals surface area (Å²) in [5, 5.41) is 10.9. The lowest BCUT2D eigenvalue weighted by molar-refractivity contribution is -0.121. The summed E-state index contributed by atoms with van der Waals surface area (Å²) < 4.78 is 7.29. The normalized spacial score (nSPS) is 10.8. The van der Waals surface area contributed by atoms with Crippen LogP contribution in [0.1, 0.15) is 16.1 Å². The Balaban J connectivity index is 1.56. The number of likely N-dealkylation sites (N-methyl/N-ethyl adjacent to an activating group) is 1. The fourth-order valence-corrected chi connectivity index (χ4v) is 3.68. The molecule has 1 aromatic carbocycles. The van der Waals surface area contributed by atoms with Crippen molar-refractivity contribution in [2.24, 2.45) is 0 Å². The van der Waals surface area contributed by atoms with E-state index >= 15 is 0 Å². The van der Waals surface area contributed by atoms with Crippen molar-refractivity contribution < 1.29 is 14.0 Å². The number of para-hydroxylation sites is 1. The Kier molecular flexibility index (Phi) is 5.75. The summed E-state index contributed by atoms with van der Waals surface area (Å²) in [7, 11) is 1.55. The number of aromatic nitrogens is 4. The van der Waals surface area contributed by atoms with Crippen molar-refractivity contribution in [3.05, 3.63) is 66.4 Å². The third-order valence-electron chi connectivity index (χ3n) is 4.27. The van der Waals surface area contributed by atoms with Gasteiger partial charge in [0.15, 0.2) is 10.9 Å². The summed E-state index contributed by atoms with van der Waals surface area (Å²) in [6.45, 7) is 0.0655. The number of amides is 2. The highest BCUT2D eigenvalue weighted by atomic mass is 32.2. The number of furan rings is 1. The second-order valence-corrected chi connectivity index (χ2v) is 7.22. The van der Waals surface area contributed by atoms with E-state index in [1.165, 1.54) is 22.6 Å². The van der Waals surface area contributed by atoms with E-state index in [1.807, 2.05) is 24.3 Å². The van der Waals surface area contributed by atoms with Crippen LogP contribution in [0.3, 0.4) is 0 Å². The molecule has 3 heterocycles. The third kappa shape index (κ3) is 4.33. The molecule has 2 amide bonds. The van der Waals surface area contributed by atoms with E-state index in [2.05, 4.69) is 25.7 Å². The molecule has 0 atom stereocenters. The molecule has 3 aromatic heterocycles. The number of anilines is 1. The molecule has 0 bridgehead atoms.